The topological polar surface area (TPSA) is 48.9 Å². The molecule has 5 nitrogen and oxygen atoms in total. The molecule has 0 saturated carbocycles. The fraction of sp³-hybridized carbons (Fsp3) is 0.632. The molecule has 0 fully saturated rings. The van der Waals surface area contributed by atoms with Gasteiger partial charge in [-0.1, -0.05) is 18.2 Å². The van der Waals surface area contributed by atoms with E-state index < -0.39 is 12.7 Å². The Morgan fingerprint density at radius 3 is 2.70 bits per heavy atom. The highest BCUT2D eigenvalue weighted by atomic mass is 19.4. The minimum Gasteiger partial charge on any atom is -0.487 e. The zero-order valence-corrected chi connectivity index (χ0v) is 16.4. The SMILES string of the molecule is CN=C(NCCCN(C)CC(F)(F)F)NC1CC(C)(C)Oc2ccccc21. The van der Waals surface area contributed by atoms with Crippen LogP contribution in [-0.2, 0) is 0 Å². The van der Waals surface area contributed by atoms with Gasteiger partial charge in [-0.15, -0.1) is 0 Å². The van der Waals surface area contributed by atoms with Crippen LogP contribution in [0.2, 0.25) is 0 Å². The van der Waals surface area contributed by atoms with Gasteiger partial charge in [-0.25, -0.2) is 0 Å². The number of rotatable bonds is 6. The van der Waals surface area contributed by atoms with Crippen molar-refractivity contribution in [1.29, 1.82) is 0 Å². The predicted octanol–water partition coefficient (Wildman–Crippen LogP) is 3.34. The van der Waals surface area contributed by atoms with Crippen LogP contribution in [0.1, 0.15) is 38.3 Å². The summed E-state index contributed by atoms with van der Waals surface area (Å²) in [7, 11) is 3.16. The number of nitrogens with zero attached hydrogens (tertiary/aromatic N) is 2. The first-order valence-corrected chi connectivity index (χ1v) is 9.10. The zero-order chi connectivity index (χ0) is 20.1. The fourth-order valence-electron chi connectivity index (χ4n) is 3.23. The maximum Gasteiger partial charge on any atom is 0.401 e. The number of guanidine groups is 1. The molecule has 1 aliphatic rings. The summed E-state index contributed by atoms with van der Waals surface area (Å²) < 4.78 is 43.1. The van der Waals surface area contributed by atoms with Gasteiger partial charge < -0.3 is 15.4 Å². The summed E-state index contributed by atoms with van der Waals surface area (Å²) >= 11 is 0. The summed E-state index contributed by atoms with van der Waals surface area (Å²) in [6, 6.07) is 7.95. The predicted molar refractivity (Wildman–Crippen MR) is 101 cm³/mol. The summed E-state index contributed by atoms with van der Waals surface area (Å²) in [4.78, 5) is 5.51. The van der Waals surface area contributed by atoms with Gasteiger partial charge in [0.2, 0.25) is 0 Å². The van der Waals surface area contributed by atoms with E-state index in [9.17, 15) is 13.2 Å². The molecule has 0 bridgehead atoms. The van der Waals surface area contributed by atoms with Crippen LogP contribution in [0.4, 0.5) is 13.2 Å². The maximum absolute atomic E-state index is 12.3. The average Bonchev–Trinajstić information content (AvgIpc) is 2.54. The third kappa shape index (κ3) is 6.93. The molecule has 1 aromatic carbocycles. The first-order chi connectivity index (χ1) is 12.6. The van der Waals surface area contributed by atoms with Crippen molar-refractivity contribution in [3.63, 3.8) is 0 Å². The van der Waals surface area contributed by atoms with E-state index in [1.807, 2.05) is 38.1 Å². The number of hydrogen-bond acceptors (Lipinski definition) is 3. The van der Waals surface area contributed by atoms with Crippen LogP contribution in [0.25, 0.3) is 0 Å². The van der Waals surface area contributed by atoms with Gasteiger partial charge >= 0.3 is 6.18 Å². The van der Waals surface area contributed by atoms with Crippen molar-refractivity contribution in [3.8, 4) is 5.75 Å². The molecule has 0 aliphatic carbocycles. The Labute approximate surface area is 159 Å². The molecular weight excluding hydrogens is 357 g/mol. The Balaban J connectivity index is 1.87. The summed E-state index contributed by atoms with van der Waals surface area (Å²) in [6.45, 7) is 4.09. The number of fused-ring (bicyclic) bond motifs is 1. The molecule has 152 valence electrons. The second kappa shape index (κ2) is 8.82. The number of benzene rings is 1. The number of ether oxygens (including phenoxy) is 1. The van der Waals surface area contributed by atoms with Crippen molar-refractivity contribution in [2.24, 2.45) is 4.99 Å². The molecular formula is C19H29F3N4O. The molecule has 8 heteroatoms. The standard InChI is InChI=1S/C19H29F3N4O/c1-18(2)12-15(14-8-5-6-9-16(14)27-18)25-17(23-3)24-10-7-11-26(4)13-19(20,21)22/h5-6,8-9,15H,7,10-13H2,1-4H3,(H2,23,24,25). The Bertz CT molecular complexity index is 646. The molecule has 1 heterocycles. The van der Waals surface area contributed by atoms with Gasteiger partial charge in [0.05, 0.1) is 12.6 Å². The largest absolute Gasteiger partial charge is 0.487 e. The van der Waals surface area contributed by atoms with Gasteiger partial charge in [0, 0.05) is 25.6 Å². The molecule has 0 amide bonds. The van der Waals surface area contributed by atoms with E-state index in [1.165, 1.54) is 11.9 Å². The number of alkyl halides is 3. The molecule has 0 spiro atoms. The maximum atomic E-state index is 12.3. The number of aliphatic imine (C=N–C) groups is 1. The minimum absolute atomic E-state index is 0.0454. The van der Waals surface area contributed by atoms with Crippen LogP contribution in [0.5, 0.6) is 5.75 Å². The lowest BCUT2D eigenvalue weighted by molar-refractivity contribution is -0.143. The van der Waals surface area contributed by atoms with E-state index in [0.29, 0.717) is 25.5 Å². The first kappa shape index (κ1) is 21.3. The minimum atomic E-state index is -4.16. The highest BCUT2D eigenvalue weighted by Gasteiger charge is 2.34. The molecule has 0 saturated heterocycles. The average molecular weight is 386 g/mol. The lowest BCUT2D eigenvalue weighted by Crippen LogP contribution is -2.45. The summed E-state index contributed by atoms with van der Waals surface area (Å²) in [5, 5.41) is 6.59. The van der Waals surface area contributed by atoms with Crippen LogP contribution < -0.4 is 15.4 Å². The molecule has 0 radical (unpaired) electrons. The van der Waals surface area contributed by atoms with Crippen molar-refractivity contribution in [3.05, 3.63) is 29.8 Å². The van der Waals surface area contributed by atoms with E-state index in [-0.39, 0.29) is 11.6 Å². The summed E-state index contributed by atoms with van der Waals surface area (Å²) in [6.07, 6.45) is -2.80. The lowest BCUT2D eigenvalue weighted by Gasteiger charge is -2.38. The van der Waals surface area contributed by atoms with Gasteiger partial charge in [0.15, 0.2) is 5.96 Å². The van der Waals surface area contributed by atoms with E-state index in [4.69, 9.17) is 4.74 Å². The molecule has 1 atom stereocenters. The van der Waals surface area contributed by atoms with Crippen LogP contribution in [0.15, 0.2) is 29.3 Å². The molecule has 2 N–H and O–H groups in total. The Hall–Kier alpha value is -1.96. The van der Waals surface area contributed by atoms with Crippen molar-refractivity contribution in [2.75, 3.05) is 33.7 Å². The van der Waals surface area contributed by atoms with Crippen molar-refractivity contribution < 1.29 is 17.9 Å². The second-order valence-corrected chi connectivity index (χ2v) is 7.51. The van der Waals surface area contributed by atoms with Crippen LogP contribution in [-0.4, -0.2) is 56.4 Å². The van der Waals surface area contributed by atoms with E-state index in [2.05, 4.69) is 15.6 Å². The monoisotopic (exact) mass is 386 g/mol. The number of halogens is 3. The van der Waals surface area contributed by atoms with Gasteiger partial charge in [0.25, 0.3) is 0 Å². The van der Waals surface area contributed by atoms with Gasteiger partial charge in [-0.2, -0.15) is 13.2 Å². The van der Waals surface area contributed by atoms with E-state index in [0.717, 1.165) is 17.7 Å². The number of nitrogens with one attached hydrogen (secondary N) is 2. The third-order valence-electron chi connectivity index (χ3n) is 4.37. The van der Waals surface area contributed by atoms with Crippen molar-refractivity contribution in [2.45, 2.75) is 44.5 Å². The molecule has 1 aliphatic heterocycles. The fourth-order valence-corrected chi connectivity index (χ4v) is 3.23. The smallest absolute Gasteiger partial charge is 0.401 e. The Morgan fingerprint density at radius 2 is 2.04 bits per heavy atom. The first-order valence-electron chi connectivity index (χ1n) is 9.10. The molecule has 1 unspecified atom stereocenters. The molecule has 0 aromatic heterocycles. The van der Waals surface area contributed by atoms with Crippen molar-refractivity contribution >= 4 is 5.96 Å². The van der Waals surface area contributed by atoms with Gasteiger partial charge in [-0.3, -0.25) is 9.89 Å². The second-order valence-electron chi connectivity index (χ2n) is 7.51. The normalized spacial score (nSPS) is 19.4. The lowest BCUT2D eigenvalue weighted by atomic mass is 9.90. The van der Waals surface area contributed by atoms with Crippen LogP contribution >= 0.6 is 0 Å². The van der Waals surface area contributed by atoms with E-state index >= 15 is 0 Å². The van der Waals surface area contributed by atoms with Gasteiger partial charge in [0.1, 0.15) is 11.4 Å². The summed E-state index contributed by atoms with van der Waals surface area (Å²) in [5.74, 6) is 1.49. The molecule has 2 rings (SSSR count). The Kier molecular flexibility index (Phi) is 6.97. The highest BCUT2D eigenvalue weighted by Crippen LogP contribution is 2.39. The molecule has 1 aromatic rings. The van der Waals surface area contributed by atoms with Gasteiger partial charge in [-0.05, 0) is 39.9 Å². The third-order valence-corrected chi connectivity index (χ3v) is 4.37. The quantitative estimate of drug-likeness (QED) is 0.447. The number of hydrogen-bond donors (Lipinski definition) is 2. The van der Waals surface area contributed by atoms with Crippen molar-refractivity contribution in [1.82, 2.24) is 15.5 Å². The highest BCUT2D eigenvalue weighted by molar-refractivity contribution is 5.80. The zero-order valence-electron chi connectivity index (χ0n) is 16.4. The molecule has 27 heavy (non-hydrogen) atoms. The number of para-hydroxylation sites is 1. The Morgan fingerprint density at radius 1 is 1.33 bits per heavy atom. The van der Waals surface area contributed by atoms with Crippen LogP contribution in [0.3, 0.4) is 0 Å². The van der Waals surface area contributed by atoms with Crippen LogP contribution in [0, 0.1) is 0 Å². The summed E-state index contributed by atoms with van der Waals surface area (Å²) in [5.41, 5.74) is 0.773. The van der Waals surface area contributed by atoms with E-state index in [1.54, 1.807) is 7.05 Å².